The molecular formula is C15H21FN2O. The van der Waals surface area contributed by atoms with Crippen molar-refractivity contribution in [3.8, 4) is 0 Å². The summed E-state index contributed by atoms with van der Waals surface area (Å²) in [6, 6.07) is 4.40. The molecule has 2 N–H and O–H groups in total. The molecule has 2 atom stereocenters. The van der Waals surface area contributed by atoms with Crippen LogP contribution in [-0.4, -0.2) is 12.1 Å². The van der Waals surface area contributed by atoms with Crippen LogP contribution in [0.25, 0.3) is 0 Å². The fourth-order valence-electron chi connectivity index (χ4n) is 2.62. The quantitative estimate of drug-likeness (QED) is 0.837. The molecular weight excluding hydrogens is 243 g/mol. The molecule has 104 valence electrons. The predicted octanol–water partition coefficient (Wildman–Crippen LogP) is 3.83. The van der Waals surface area contributed by atoms with E-state index < -0.39 is 0 Å². The van der Waals surface area contributed by atoms with Crippen molar-refractivity contribution >= 4 is 11.7 Å². The summed E-state index contributed by atoms with van der Waals surface area (Å²) in [6.45, 7) is 3.95. The zero-order chi connectivity index (χ0) is 13.8. The van der Waals surface area contributed by atoms with Crippen LogP contribution in [0.4, 0.5) is 14.9 Å². The molecule has 1 saturated carbocycles. The van der Waals surface area contributed by atoms with Crippen molar-refractivity contribution in [3.63, 3.8) is 0 Å². The van der Waals surface area contributed by atoms with Crippen molar-refractivity contribution in [2.24, 2.45) is 5.92 Å². The topological polar surface area (TPSA) is 41.1 Å². The van der Waals surface area contributed by atoms with E-state index in [1.54, 1.807) is 13.0 Å². The number of halogens is 1. The van der Waals surface area contributed by atoms with Crippen LogP contribution in [-0.2, 0) is 0 Å². The zero-order valence-corrected chi connectivity index (χ0v) is 11.5. The van der Waals surface area contributed by atoms with E-state index in [4.69, 9.17) is 0 Å². The van der Waals surface area contributed by atoms with E-state index in [0.29, 0.717) is 11.6 Å². The first-order valence-electron chi connectivity index (χ1n) is 6.90. The number of carbonyl (C=O) groups is 1. The Balaban J connectivity index is 1.93. The highest BCUT2D eigenvalue weighted by Gasteiger charge is 2.22. The summed E-state index contributed by atoms with van der Waals surface area (Å²) < 4.78 is 13.0. The van der Waals surface area contributed by atoms with Gasteiger partial charge in [0, 0.05) is 11.7 Å². The smallest absolute Gasteiger partial charge is 0.319 e. The second kappa shape index (κ2) is 6.04. The molecule has 3 nitrogen and oxygen atoms in total. The maximum Gasteiger partial charge on any atom is 0.319 e. The first-order valence-corrected chi connectivity index (χ1v) is 6.90. The molecule has 1 aliphatic carbocycles. The Hall–Kier alpha value is -1.58. The SMILES string of the molecule is Cc1cc(F)ccc1NC(=O)NC1CCCCC1C. The number of rotatable bonds is 2. The molecule has 0 radical (unpaired) electrons. The molecule has 4 heteroatoms. The van der Waals surface area contributed by atoms with Gasteiger partial charge < -0.3 is 10.6 Å². The van der Waals surface area contributed by atoms with Crippen LogP contribution in [0, 0.1) is 18.7 Å². The molecule has 2 rings (SSSR count). The van der Waals surface area contributed by atoms with Crippen LogP contribution >= 0.6 is 0 Å². The van der Waals surface area contributed by atoms with E-state index in [0.717, 1.165) is 12.0 Å². The van der Waals surface area contributed by atoms with Gasteiger partial charge in [-0.05, 0) is 49.4 Å². The van der Waals surface area contributed by atoms with E-state index in [9.17, 15) is 9.18 Å². The van der Waals surface area contributed by atoms with Crippen molar-refractivity contribution in [2.45, 2.75) is 45.6 Å². The van der Waals surface area contributed by atoms with Gasteiger partial charge in [-0.1, -0.05) is 19.8 Å². The average Bonchev–Trinajstić information content (AvgIpc) is 2.36. The van der Waals surface area contributed by atoms with Crippen molar-refractivity contribution in [2.75, 3.05) is 5.32 Å². The minimum absolute atomic E-state index is 0.201. The van der Waals surface area contributed by atoms with Gasteiger partial charge in [0.05, 0.1) is 0 Å². The Morgan fingerprint density at radius 3 is 2.74 bits per heavy atom. The van der Waals surface area contributed by atoms with E-state index in [2.05, 4.69) is 17.6 Å². The van der Waals surface area contributed by atoms with Crippen LogP contribution in [0.15, 0.2) is 18.2 Å². The number of hydrogen-bond acceptors (Lipinski definition) is 1. The number of nitrogens with one attached hydrogen (secondary N) is 2. The third-order valence-electron chi connectivity index (χ3n) is 3.86. The number of aryl methyl sites for hydroxylation is 1. The minimum atomic E-state index is -0.288. The average molecular weight is 264 g/mol. The van der Waals surface area contributed by atoms with Crippen LogP contribution < -0.4 is 10.6 Å². The highest BCUT2D eigenvalue weighted by atomic mass is 19.1. The first kappa shape index (κ1) is 13.8. The molecule has 0 aromatic heterocycles. The van der Waals surface area contributed by atoms with E-state index in [1.165, 1.54) is 31.4 Å². The monoisotopic (exact) mass is 264 g/mol. The summed E-state index contributed by atoms with van der Waals surface area (Å²) >= 11 is 0. The van der Waals surface area contributed by atoms with Crippen molar-refractivity contribution in [3.05, 3.63) is 29.6 Å². The lowest BCUT2D eigenvalue weighted by Gasteiger charge is -2.29. The van der Waals surface area contributed by atoms with Crippen LogP contribution in [0.3, 0.4) is 0 Å². The fourth-order valence-corrected chi connectivity index (χ4v) is 2.62. The van der Waals surface area contributed by atoms with Crippen LogP contribution in [0.2, 0.25) is 0 Å². The third-order valence-corrected chi connectivity index (χ3v) is 3.86. The molecule has 1 aliphatic rings. The Morgan fingerprint density at radius 1 is 1.32 bits per heavy atom. The minimum Gasteiger partial charge on any atom is -0.335 e. The maximum absolute atomic E-state index is 13.0. The molecule has 0 aliphatic heterocycles. The van der Waals surface area contributed by atoms with Gasteiger partial charge >= 0.3 is 6.03 Å². The maximum atomic E-state index is 13.0. The van der Waals surface area contributed by atoms with Gasteiger partial charge in [0.15, 0.2) is 0 Å². The molecule has 0 spiro atoms. The summed E-state index contributed by atoms with van der Waals surface area (Å²) in [6.07, 6.45) is 4.63. The van der Waals surface area contributed by atoms with Gasteiger partial charge in [-0.15, -0.1) is 0 Å². The third kappa shape index (κ3) is 3.69. The normalized spacial score (nSPS) is 22.9. The van der Waals surface area contributed by atoms with Gasteiger partial charge in [0.1, 0.15) is 5.82 Å². The van der Waals surface area contributed by atoms with Crippen LogP contribution in [0.5, 0.6) is 0 Å². The highest BCUT2D eigenvalue weighted by molar-refractivity contribution is 5.90. The molecule has 0 saturated heterocycles. The summed E-state index contributed by atoms with van der Waals surface area (Å²) in [5.74, 6) is 0.234. The molecule has 1 aromatic rings. The van der Waals surface area contributed by atoms with Crippen molar-refractivity contribution in [1.29, 1.82) is 0 Å². The fraction of sp³-hybridized carbons (Fsp3) is 0.533. The van der Waals surface area contributed by atoms with E-state index in [1.807, 2.05) is 0 Å². The summed E-state index contributed by atoms with van der Waals surface area (Å²) in [7, 11) is 0. The Bertz CT molecular complexity index is 461. The Labute approximate surface area is 113 Å². The molecule has 0 heterocycles. The molecule has 2 unspecified atom stereocenters. The lowest BCUT2D eigenvalue weighted by Crippen LogP contribution is -2.43. The van der Waals surface area contributed by atoms with E-state index >= 15 is 0 Å². The Morgan fingerprint density at radius 2 is 2.05 bits per heavy atom. The number of amides is 2. The second-order valence-electron chi connectivity index (χ2n) is 5.43. The Kier molecular flexibility index (Phi) is 4.40. The molecule has 2 amide bonds. The highest BCUT2D eigenvalue weighted by Crippen LogP contribution is 2.24. The number of hydrogen-bond donors (Lipinski definition) is 2. The van der Waals surface area contributed by atoms with Gasteiger partial charge in [0.2, 0.25) is 0 Å². The number of benzene rings is 1. The zero-order valence-electron chi connectivity index (χ0n) is 11.5. The lowest BCUT2D eigenvalue weighted by atomic mass is 9.86. The number of anilines is 1. The number of carbonyl (C=O) groups excluding carboxylic acids is 1. The van der Waals surface area contributed by atoms with Crippen molar-refractivity contribution in [1.82, 2.24) is 5.32 Å². The first-order chi connectivity index (χ1) is 9.06. The summed E-state index contributed by atoms with van der Waals surface area (Å²) in [5, 5.41) is 5.80. The molecule has 1 fully saturated rings. The lowest BCUT2D eigenvalue weighted by molar-refractivity contribution is 0.232. The molecule has 1 aromatic carbocycles. The molecule has 0 bridgehead atoms. The van der Waals surface area contributed by atoms with Crippen molar-refractivity contribution < 1.29 is 9.18 Å². The van der Waals surface area contributed by atoms with E-state index in [-0.39, 0.29) is 17.9 Å². The molecule has 19 heavy (non-hydrogen) atoms. The summed E-state index contributed by atoms with van der Waals surface area (Å²) in [5.41, 5.74) is 1.38. The second-order valence-corrected chi connectivity index (χ2v) is 5.43. The summed E-state index contributed by atoms with van der Waals surface area (Å²) in [4.78, 5) is 11.9. The van der Waals surface area contributed by atoms with Gasteiger partial charge in [-0.25, -0.2) is 9.18 Å². The van der Waals surface area contributed by atoms with Gasteiger partial charge in [-0.3, -0.25) is 0 Å². The predicted molar refractivity (Wildman–Crippen MR) is 74.7 cm³/mol. The van der Waals surface area contributed by atoms with Crippen LogP contribution in [0.1, 0.15) is 38.2 Å². The van der Waals surface area contributed by atoms with Gasteiger partial charge in [-0.2, -0.15) is 0 Å². The largest absolute Gasteiger partial charge is 0.335 e. The van der Waals surface area contributed by atoms with Gasteiger partial charge in [0.25, 0.3) is 0 Å². The standard InChI is InChI=1S/C15H21FN2O/c1-10-5-3-4-6-13(10)17-15(19)18-14-8-7-12(16)9-11(14)2/h7-10,13H,3-6H2,1-2H3,(H2,17,18,19). The number of urea groups is 1.